The smallest absolute Gasteiger partial charge is 0.193 e. The number of nitrogens with zero attached hydrogens (tertiary/aromatic N) is 1. The van der Waals surface area contributed by atoms with Gasteiger partial charge in [-0.15, -0.1) is 0 Å². The number of benzene rings is 1. The predicted octanol–water partition coefficient (Wildman–Crippen LogP) is 2.85. The van der Waals surface area contributed by atoms with Crippen molar-refractivity contribution in [1.29, 1.82) is 0 Å². The number of hydrogen-bond acceptors (Lipinski definition) is 2. The summed E-state index contributed by atoms with van der Waals surface area (Å²) in [7, 11) is 0. The van der Waals surface area contributed by atoms with E-state index < -0.39 is 0 Å². The van der Waals surface area contributed by atoms with Gasteiger partial charge in [0, 0.05) is 25.4 Å². The third kappa shape index (κ3) is 5.61. The molecule has 1 aliphatic rings. The minimum atomic E-state index is 0.470. The van der Waals surface area contributed by atoms with Gasteiger partial charge in [-0.1, -0.05) is 6.07 Å². The van der Waals surface area contributed by atoms with Gasteiger partial charge in [-0.05, 0) is 62.3 Å². The van der Waals surface area contributed by atoms with Crippen LogP contribution in [0.3, 0.4) is 0 Å². The molecule has 0 atom stereocenters. The van der Waals surface area contributed by atoms with Crippen LogP contribution < -0.4 is 11.1 Å². The van der Waals surface area contributed by atoms with Crippen molar-refractivity contribution < 1.29 is 4.74 Å². The molecule has 4 heteroatoms. The van der Waals surface area contributed by atoms with Crippen LogP contribution in [0.5, 0.6) is 0 Å². The second-order valence-corrected chi connectivity index (χ2v) is 5.64. The minimum absolute atomic E-state index is 0.470. The summed E-state index contributed by atoms with van der Waals surface area (Å²) < 4.78 is 5.56. The van der Waals surface area contributed by atoms with Gasteiger partial charge in [0.05, 0.1) is 0 Å². The molecule has 1 aromatic carbocycles. The van der Waals surface area contributed by atoms with Crippen molar-refractivity contribution in [3.8, 4) is 0 Å². The van der Waals surface area contributed by atoms with E-state index in [0.717, 1.165) is 31.2 Å². The summed E-state index contributed by atoms with van der Waals surface area (Å²) in [6.07, 6.45) is 3.60. The third-order valence-electron chi connectivity index (χ3n) is 3.27. The second kappa shape index (κ2) is 7.29. The molecule has 0 bridgehead atoms. The fraction of sp³-hybridized carbons (Fsp3) is 0.562. The Morgan fingerprint density at radius 1 is 1.30 bits per heavy atom. The van der Waals surface area contributed by atoms with E-state index in [4.69, 9.17) is 10.5 Å². The first-order valence-electron chi connectivity index (χ1n) is 7.36. The van der Waals surface area contributed by atoms with E-state index in [0.29, 0.717) is 12.5 Å². The van der Waals surface area contributed by atoms with Gasteiger partial charge in [0.15, 0.2) is 5.96 Å². The maximum Gasteiger partial charge on any atom is 0.193 e. The van der Waals surface area contributed by atoms with Crippen LogP contribution in [0.25, 0.3) is 0 Å². The highest BCUT2D eigenvalue weighted by Crippen LogP contribution is 2.28. The van der Waals surface area contributed by atoms with Crippen LogP contribution in [-0.2, 0) is 4.74 Å². The normalized spacial score (nSPS) is 15.4. The first-order chi connectivity index (χ1) is 9.63. The molecular weight excluding hydrogens is 250 g/mol. The Balaban J connectivity index is 1.66. The highest BCUT2D eigenvalue weighted by molar-refractivity contribution is 5.92. The SMILES string of the molecule is Cc1cc(C)cc(NC(N)=NCCCOCC2CC2)c1. The Kier molecular flexibility index (Phi) is 5.41. The van der Waals surface area contributed by atoms with Crippen LogP contribution in [0.2, 0.25) is 0 Å². The van der Waals surface area contributed by atoms with Crippen molar-refractivity contribution >= 4 is 11.6 Å². The van der Waals surface area contributed by atoms with Crippen LogP contribution in [0.4, 0.5) is 5.69 Å². The van der Waals surface area contributed by atoms with Crippen molar-refractivity contribution in [3.05, 3.63) is 29.3 Å². The Morgan fingerprint density at radius 2 is 2.00 bits per heavy atom. The van der Waals surface area contributed by atoms with Crippen molar-refractivity contribution in [1.82, 2.24) is 0 Å². The standard InChI is InChI=1S/C16H25N3O/c1-12-8-13(2)10-15(9-12)19-16(17)18-6-3-7-20-11-14-4-5-14/h8-10,14H,3-7,11H2,1-2H3,(H3,17,18,19). The molecule has 0 unspecified atom stereocenters. The van der Waals surface area contributed by atoms with E-state index >= 15 is 0 Å². The molecule has 0 radical (unpaired) electrons. The highest BCUT2D eigenvalue weighted by Gasteiger charge is 2.20. The highest BCUT2D eigenvalue weighted by atomic mass is 16.5. The first-order valence-corrected chi connectivity index (χ1v) is 7.36. The van der Waals surface area contributed by atoms with E-state index in [2.05, 4.69) is 42.4 Å². The number of nitrogens with two attached hydrogens (primary N) is 1. The molecule has 1 fully saturated rings. The largest absolute Gasteiger partial charge is 0.381 e. The number of ether oxygens (including phenoxy) is 1. The van der Waals surface area contributed by atoms with Crippen LogP contribution in [-0.4, -0.2) is 25.7 Å². The molecule has 1 saturated carbocycles. The van der Waals surface area contributed by atoms with Gasteiger partial charge < -0.3 is 15.8 Å². The topological polar surface area (TPSA) is 59.6 Å². The van der Waals surface area contributed by atoms with Crippen LogP contribution in [0.1, 0.15) is 30.4 Å². The molecule has 0 amide bonds. The molecule has 0 saturated heterocycles. The van der Waals surface area contributed by atoms with E-state index in [9.17, 15) is 0 Å². The third-order valence-corrected chi connectivity index (χ3v) is 3.27. The fourth-order valence-electron chi connectivity index (χ4n) is 2.13. The lowest BCUT2D eigenvalue weighted by molar-refractivity contribution is 0.123. The maximum atomic E-state index is 5.88. The maximum absolute atomic E-state index is 5.88. The molecule has 20 heavy (non-hydrogen) atoms. The van der Waals surface area contributed by atoms with E-state index in [1.54, 1.807) is 0 Å². The van der Waals surface area contributed by atoms with Crippen molar-refractivity contribution in [2.75, 3.05) is 25.1 Å². The number of guanidine groups is 1. The molecule has 1 aromatic rings. The summed E-state index contributed by atoms with van der Waals surface area (Å²) in [4.78, 5) is 4.31. The predicted molar refractivity (Wildman–Crippen MR) is 84.2 cm³/mol. The molecule has 2 rings (SSSR count). The molecule has 1 aliphatic carbocycles. The van der Waals surface area contributed by atoms with Gasteiger partial charge >= 0.3 is 0 Å². The quantitative estimate of drug-likeness (QED) is 0.457. The number of nitrogens with one attached hydrogen (secondary N) is 1. The van der Waals surface area contributed by atoms with Gasteiger partial charge in [-0.25, -0.2) is 0 Å². The van der Waals surface area contributed by atoms with E-state index in [-0.39, 0.29) is 0 Å². The Labute approximate surface area is 121 Å². The molecule has 0 aliphatic heterocycles. The number of anilines is 1. The van der Waals surface area contributed by atoms with E-state index in [1.807, 2.05) is 0 Å². The number of aliphatic imine (C=N–C) groups is 1. The summed E-state index contributed by atoms with van der Waals surface area (Å²) in [5.41, 5.74) is 9.30. The fourth-order valence-corrected chi connectivity index (χ4v) is 2.13. The minimum Gasteiger partial charge on any atom is -0.381 e. The second-order valence-electron chi connectivity index (χ2n) is 5.64. The van der Waals surface area contributed by atoms with E-state index in [1.165, 1.54) is 24.0 Å². The molecule has 0 heterocycles. The van der Waals surface area contributed by atoms with Crippen molar-refractivity contribution in [2.24, 2.45) is 16.6 Å². The Morgan fingerprint density at radius 3 is 2.65 bits per heavy atom. The van der Waals surface area contributed by atoms with Gasteiger partial charge in [-0.2, -0.15) is 0 Å². The van der Waals surface area contributed by atoms with Gasteiger partial charge in [-0.3, -0.25) is 4.99 Å². The van der Waals surface area contributed by atoms with Crippen molar-refractivity contribution in [3.63, 3.8) is 0 Å². The average Bonchev–Trinajstić information content (AvgIpc) is 3.16. The zero-order valence-corrected chi connectivity index (χ0v) is 12.5. The monoisotopic (exact) mass is 275 g/mol. The summed E-state index contributed by atoms with van der Waals surface area (Å²) >= 11 is 0. The van der Waals surface area contributed by atoms with Gasteiger partial charge in [0.1, 0.15) is 0 Å². The number of rotatable bonds is 7. The first kappa shape index (κ1) is 14.9. The number of hydrogen-bond donors (Lipinski definition) is 2. The lowest BCUT2D eigenvalue weighted by Gasteiger charge is -2.08. The summed E-state index contributed by atoms with van der Waals surface area (Å²) in [6, 6.07) is 6.26. The van der Waals surface area contributed by atoms with Crippen LogP contribution in [0, 0.1) is 19.8 Å². The average molecular weight is 275 g/mol. The zero-order valence-electron chi connectivity index (χ0n) is 12.5. The molecule has 4 nitrogen and oxygen atoms in total. The van der Waals surface area contributed by atoms with Crippen molar-refractivity contribution in [2.45, 2.75) is 33.1 Å². The Bertz CT molecular complexity index is 447. The molecular formula is C16H25N3O. The zero-order chi connectivity index (χ0) is 14.4. The summed E-state index contributed by atoms with van der Waals surface area (Å²) in [5.74, 6) is 1.30. The summed E-state index contributed by atoms with van der Waals surface area (Å²) in [6.45, 7) is 6.54. The molecule has 3 N–H and O–H groups in total. The lowest BCUT2D eigenvalue weighted by atomic mass is 10.1. The summed E-state index contributed by atoms with van der Waals surface area (Å²) in [5, 5.41) is 3.13. The molecule has 110 valence electrons. The lowest BCUT2D eigenvalue weighted by Crippen LogP contribution is -2.23. The van der Waals surface area contributed by atoms with Crippen LogP contribution >= 0.6 is 0 Å². The molecule has 0 aromatic heterocycles. The molecule has 0 spiro atoms. The van der Waals surface area contributed by atoms with Crippen LogP contribution in [0.15, 0.2) is 23.2 Å². The number of aryl methyl sites for hydroxylation is 2. The Hall–Kier alpha value is -1.55. The van der Waals surface area contributed by atoms with Gasteiger partial charge in [0.2, 0.25) is 0 Å². The van der Waals surface area contributed by atoms with Gasteiger partial charge in [0.25, 0.3) is 0 Å².